The molecule has 0 bridgehead atoms. The lowest BCUT2D eigenvalue weighted by Gasteiger charge is -2.10. The van der Waals surface area contributed by atoms with E-state index >= 15 is 0 Å². The zero-order valence-corrected chi connectivity index (χ0v) is 15.1. The molecule has 25 heavy (non-hydrogen) atoms. The quantitative estimate of drug-likeness (QED) is 0.675. The van der Waals surface area contributed by atoms with E-state index in [2.05, 4.69) is 21.6 Å². The van der Waals surface area contributed by atoms with Gasteiger partial charge in [-0.1, -0.05) is 42.0 Å². The highest BCUT2D eigenvalue weighted by Crippen LogP contribution is 2.19. The fourth-order valence-corrected chi connectivity index (χ4v) is 2.89. The number of aryl methyl sites for hydroxylation is 2. The first-order valence-corrected chi connectivity index (χ1v) is 8.53. The van der Waals surface area contributed by atoms with Crippen molar-refractivity contribution < 1.29 is 4.79 Å². The lowest BCUT2D eigenvalue weighted by atomic mass is 10.1. The maximum Gasteiger partial charge on any atom is 0.226 e. The van der Waals surface area contributed by atoms with Gasteiger partial charge >= 0.3 is 0 Å². The van der Waals surface area contributed by atoms with E-state index in [-0.39, 0.29) is 5.91 Å². The van der Waals surface area contributed by atoms with Gasteiger partial charge in [0.25, 0.3) is 0 Å². The smallest absolute Gasteiger partial charge is 0.226 e. The van der Waals surface area contributed by atoms with Crippen LogP contribution in [0.25, 0.3) is 11.4 Å². The minimum Gasteiger partial charge on any atom is -0.326 e. The number of hydrogen-bond donors (Lipinski definition) is 2. The maximum absolute atomic E-state index is 12.3. The molecule has 0 fully saturated rings. The molecule has 2 aromatic carbocycles. The summed E-state index contributed by atoms with van der Waals surface area (Å²) in [5.74, 6) is 0.699. The van der Waals surface area contributed by atoms with E-state index in [1.54, 1.807) is 0 Å². The van der Waals surface area contributed by atoms with Crippen LogP contribution < -0.4 is 5.32 Å². The van der Waals surface area contributed by atoms with Crippen LogP contribution in [0.5, 0.6) is 0 Å². The van der Waals surface area contributed by atoms with Crippen LogP contribution in [-0.2, 0) is 11.3 Å². The minimum atomic E-state index is -0.0485. The number of aromatic amines is 1. The van der Waals surface area contributed by atoms with Crippen LogP contribution >= 0.6 is 12.2 Å². The number of benzene rings is 2. The molecule has 6 heteroatoms. The van der Waals surface area contributed by atoms with Gasteiger partial charge in [-0.15, -0.1) is 0 Å². The Morgan fingerprint density at radius 1 is 1.20 bits per heavy atom. The molecule has 0 unspecified atom stereocenters. The zero-order valence-electron chi connectivity index (χ0n) is 14.2. The summed E-state index contributed by atoms with van der Waals surface area (Å²) < 4.78 is 2.38. The molecule has 1 heterocycles. The number of nitrogens with zero attached hydrogens (tertiary/aromatic N) is 2. The predicted molar refractivity (Wildman–Crippen MR) is 102 cm³/mol. The highest BCUT2D eigenvalue weighted by atomic mass is 32.1. The topological polar surface area (TPSA) is 62.7 Å². The molecular formula is C19H20N4OS. The van der Waals surface area contributed by atoms with Crippen LogP contribution in [0.15, 0.2) is 48.5 Å². The number of anilines is 1. The predicted octanol–water partition coefficient (Wildman–Crippen LogP) is 4.25. The lowest BCUT2D eigenvalue weighted by molar-refractivity contribution is -0.116. The van der Waals surface area contributed by atoms with E-state index < -0.39 is 0 Å². The van der Waals surface area contributed by atoms with Crippen LogP contribution in [0.4, 0.5) is 5.69 Å². The van der Waals surface area contributed by atoms with E-state index in [4.69, 9.17) is 12.2 Å². The van der Waals surface area contributed by atoms with Gasteiger partial charge in [0.1, 0.15) is 0 Å². The monoisotopic (exact) mass is 352 g/mol. The Labute approximate surface area is 151 Å². The third-order valence-electron chi connectivity index (χ3n) is 4.02. The average molecular weight is 352 g/mol. The Balaban J connectivity index is 1.74. The Bertz CT molecular complexity index is 958. The van der Waals surface area contributed by atoms with E-state index in [0.29, 0.717) is 17.7 Å². The number of carbonyl (C=O) groups is 1. The van der Waals surface area contributed by atoms with Gasteiger partial charge in [0.15, 0.2) is 10.6 Å². The van der Waals surface area contributed by atoms with Crippen LogP contribution in [0.2, 0.25) is 0 Å². The molecule has 0 radical (unpaired) electrons. The number of rotatable bonds is 5. The van der Waals surface area contributed by atoms with Gasteiger partial charge in [0, 0.05) is 24.2 Å². The molecular weight excluding hydrogens is 332 g/mol. The largest absolute Gasteiger partial charge is 0.326 e. The summed E-state index contributed by atoms with van der Waals surface area (Å²) in [7, 11) is 0. The summed E-state index contributed by atoms with van der Waals surface area (Å²) in [4.78, 5) is 12.3. The Kier molecular flexibility index (Phi) is 5.09. The van der Waals surface area contributed by atoms with Crippen molar-refractivity contribution in [3.8, 4) is 11.4 Å². The number of aromatic nitrogens is 3. The van der Waals surface area contributed by atoms with Gasteiger partial charge in [-0.3, -0.25) is 14.5 Å². The summed E-state index contributed by atoms with van der Waals surface area (Å²) in [5, 5.41) is 10.1. The van der Waals surface area contributed by atoms with Crippen LogP contribution in [0.3, 0.4) is 0 Å². The number of carbonyl (C=O) groups excluding carboxylic acids is 1. The highest BCUT2D eigenvalue weighted by molar-refractivity contribution is 7.71. The van der Waals surface area contributed by atoms with E-state index in [0.717, 1.165) is 28.2 Å². The normalized spacial score (nSPS) is 10.6. The van der Waals surface area contributed by atoms with Crippen molar-refractivity contribution in [2.24, 2.45) is 0 Å². The van der Waals surface area contributed by atoms with E-state index in [9.17, 15) is 4.79 Å². The second-order valence-electron chi connectivity index (χ2n) is 5.99. The van der Waals surface area contributed by atoms with Crippen molar-refractivity contribution in [1.82, 2.24) is 14.8 Å². The third-order valence-corrected chi connectivity index (χ3v) is 4.33. The van der Waals surface area contributed by atoms with E-state index in [1.807, 2.05) is 60.9 Å². The molecule has 5 nitrogen and oxygen atoms in total. The molecule has 0 aliphatic rings. The highest BCUT2D eigenvalue weighted by Gasteiger charge is 2.11. The van der Waals surface area contributed by atoms with Gasteiger partial charge in [0.2, 0.25) is 5.91 Å². The fraction of sp³-hybridized carbons (Fsp3) is 0.211. The first-order chi connectivity index (χ1) is 12.0. The van der Waals surface area contributed by atoms with Crippen LogP contribution in [-0.4, -0.2) is 20.7 Å². The van der Waals surface area contributed by atoms with Crippen molar-refractivity contribution in [3.63, 3.8) is 0 Å². The molecule has 2 N–H and O–H groups in total. The summed E-state index contributed by atoms with van der Waals surface area (Å²) in [6, 6.07) is 15.8. The SMILES string of the molecule is Cc1cccc(-c2n[nH]c(=S)n2CCC(=O)Nc2ccccc2C)c1. The number of amides is 1. The molecule has 128 valence electrons. The van der Waals surface area contributed by atoms with Crippen molar-refractivity contribution in [2.75, 3.05) is 5.32 Å². The van der Waals surface area contributed by atoms with Gasteiger partial charge in [-0.05, 0) is 43.8 Å². The van der Waals surface area contributed by atoms with Crippen molar-refractivity contribution in [2.45, 2.75) is 26.8 Å². The Morgan fingerprint density at radius 3 is 2.76 bits per heavy atom. The minimum absolute atomic E-state index is 0.0485. The summed E-state index contributed by atoms with van der Waals surface area (Å²) >= 11 is 5.32. The van der Waals surface area contributed by atoms with Crippen molar-refractivity contribution >= 4 is 23.8 Å². The Hall–Kier alpha value is -2.73. The average Bonchev–Trinajstić information content (AvgIpc) is 2.96. The number of nitrogens with one attached hydrogen (secondary N) is 2. The van der Waals surface area contributed by atoms with Crippen LogP contribution in [0.1, 0.15) is 17.5 Å². The molecule has 0 aliphatic carbocycles. The number of H-pyrrole nitrogens is 1. The van der Waals surface area contributed by atoms with Crippen molar-refractivity contribution in [3.05, 3.63) is 64.4 Å². The fourth-order valence-electron chi connectivity index (χ4n) is 2.67. The molecule has 3 rings (SSSR count). The second-order valence-corrected chi connectivity index (χ2v) is 6.37. The molecule has 1 amide bonds. The van der Waals surface area contributed by atoms with E-state index in [1.165, 1.54) is 0 Å². The second kappa shape index (κ2) is 7.44. The van der Waals surface area contributed by atoms with Gasteiger partial charge in [-0.2, -0.15) is 5.10 Å². The summed E-state index contributed by atoms with van der Waals surface area (Å²) in [5.41, 5.74) is 4.00. The standard InChI is InChI=1S/C19H20N4OS/c1-13-6-5-8-15(12-13)18-21-22-19(25)23(18)11-10-17(24)20-16-9-4-3-7-14(16)2/h3-9,12H,10-11H2,1-2H3,(H,20,24)(H,22,25). The van der Waals surface area contributed by atoms with Gasteiger partial charge < -0.3 is 5.32 Å². The molecule has 0 spiro atoms. The summed E-state index contributed by atoms with van der Waals surface area (Å²) in [6.45, 7) is 4.47. The first-order valence-electron chi connectivity index (χ1n) is 8.12. The number of hydrogen-bond acceptors (Lipinski definition) is 3. The molecule has 0 atom stereocenters. The van der Waals surface area contributed by atoms with Crippen LogP contribution in [0, 0.1) is 18.6 Å². The van der Waals surface area contributed by atoms with Gasteiger partial charge in [-0.25, -0.2) is 0 Å². The molecule has 3 aromatic rings. The lowest BCUT2D eigenvalue weighted by Crippen LogP contribution is -2.15. The zero-order chi connectivity index (χ0) is 17.8. The molecule has 1 aromatic heterocycles. The Morgan fingerprint density at radius 2 is 2.00 bits per heavy atom. The van der Waals surface area contributed by atoms with Gasteiger partial charge in [0.05, 0.1) is 0 Å². The van der Waals surface area contributed by atoms with Crippen molar-refractivity contribution in [1.29, 1.82) is 0 Å². The molecule has 0 saturated carbocycles. The maximum atomic E-state index is 12.3. The molecule has 0 aliphatic heterocycles. The number of para-hydroxylation sites is 1. The first kappa shape index (κ1) is 17.1. The molecule has 0 saturated heterocycles. The third kappa shape index (κ3) is 4.03. The summed E-state index contributed by atoms with van der Waals surface area (Å²) in [6.07, 6.45) is 0.320.